The Morgan fingerprint density at radius 3 is 1.97 bits per heavy atom. The van der Waals surface area contributed by atoms with E-state index >= 15 is 0 Å². The third kappa shape index (κ3) is 4.61. The fraction of sp³-hybridized carbons (Fsp3) is 0.172. The number of rotatable bonds is 8. The first-order chi connectivity index (χ1) is 18.0. The Morgan fingerprint density at radius 2 is 1.41 bits per heavy atom. The lowest BCUT2D eigenvalue weighted by Gasteiger charge is -2.42. The van der Waals surface area contributed by atoms with Gasteiger partial charge in [0.25, 0.3) is 11.8 Å². The van der Waals surface area contributed by atoms with Gasteiger partial charge >= 0.3 is 5.97 Å². The van der Waals surface area contributed by atoms with E-state index in [0.717, 1.165) is 16.0 Å². The Hall–Kier alpha value is -4.72. The van der Waals surface area contributed by atoms with Gasteiger partial charge in [-0.2, -0.15) is 0 Å². The summed E-state index contributed by atoms with van der Waals surface area (Å²) in [5, 5.41) is 2.56. The quantitative estimate of drug-likeness (QED) is 0.380. The van der Waals surface area contributed by atoms with Crippen molar-refractivity contribution in [3.05, 3.63) is 113 Å². The molecule has 8 nitrogen and oxygen atoms in total. The summed E-state index contributed by atoms with van der Waals surface area (Å²) >= 11 is 0. The number of amides is 2. The van der Waals surface area contributed by atoms with Crippen LogP contribution in [0.4, 0.5) is 0 Å². The van der Waals surface area contributed by atoms with Gasteiger partial charge in [-0.05, 0) is 30.2 Å². The highest BCUT2D eigenvalue weighted by molar-refractivity contribution is 6.20. The molecule has 2 aliphatic rings. The lowest BCUT2D eigenvalue weighted by Crippen LogP contribution is -2.71. The number of carbonyl (C=O) groups is 4. The number of Topliss-reactive ketones (excluding diaryl/α,β-unsaturated/α-hetero) is 1. The Bertz CT molecular complexity index is 1330. The largest absolute Gasteiger partial charge is 0.484 e. The smallest absolute Gasteiger partial charge is 0.356 e. The van der Waals surface area contributed by atoms with Crippen molar-refractivity contribution < 1.29 is 28.7 Å². The van der Waals surface area contributed by atoms with Gasteiger partial charge in [-0.15, -0.1) is 0 Å². The van der Waals surface area contributed by atoms with Gasteiger partial charge in [0.15, 0.2) is 18.5 Å². The van der Waals surface area contributed by atoms with Crippen LogP contribution in [0, 0.1) is 0 Å². The van der Waals surface area contributed by atoms with Gasteiger partial charge in [0, 0.05) is 5.57 Å². The summed E-state index contributed by atoms with van der Waals surface area (Å²) in [7, 11) is 0. The van der Waals surface area contributed by atoms with Gasteiger partial charge in [0.2, 0.25) is 0 Å². The SMILES string of the molecule is CC1=C(C(=O)OC(c2ccccc2)c2ccccc2)N2C(=O)C(NC(=O)COc3ccccc3)[C@H]2C1=O. The van der Waals surface area contributed by atoms with Crippen LogP contribution in [0.25, 0.3) is 0 Å². The number of hydrogen-bond donors (Lipinski definition) is 1. The van der Waals surface area contributed by atoms with E-state index in [1.807, 2.05) is 66.7 Å². The fourth-order valence-electron chi connectivity index (χ4n) is 4.55. The van der Waals surface area contributed by atoms with Crippen molar-refractivity contribution in [1.29, 1.82) is 0 Å². The molecule has 8 heteroatoms. The molecule has 0 bridgehead atoms. The maximum atomic E-state index is 13.3. The van der Waals surface area contributed by atoms with Crippen molar-refractivity contribution in [3.8, 4) is 5.75 Å². The average molecular weight is 497 g/mol. The van der Waals surface area contributed by atoms with Crippen LogP contribution in [-0.4, -0.2) is 47.2 Å². The topological polar surface area (TPSA) is 102 Å². The van der Waals surface area contributed by atoms with Crippen molar-refractivity contribution in [2.75, 3.05) is 6.61 Å². The van der Waals surface area contributed by atoms with E-state index in [1.54, 1.807) is 24.3 Å². The first-order valence-electron chi connectivity index (χ1n) is 11.8. The van der Waals surface area contributed by atoms with Gasteiger partial charge in [-0.1, -0.05) is 78.9 Å². The minimum absolute atomic E-state index is 0.0945. The molecular formula is C29H24N2O6. The predicted molar refractivity (Wildman–Crippen MR) is 133 cm³/mol. The molecule has 3 aromatic rings. The van der Waals surface area contributed by atoms with Crippen LogP contribution < -0.4 is 10.1 Å². The van der Waals surface area contributed by atoms with Crippen molar-refractivity contribution >= 4 is 23.6 Å². The molecule has 2 aliphatic heterocycles. The number of ether oxygens (including phenoxy) is 2. The molecule has 186 valence electrons. The van der Waals surface area contributed by atoms with E-state index in [1.165, 1.54) is 6.92 Å². The summed E-state index contributed by atoms with van der Waals surface area (Å²) in [6.45, 7) is 1.17. The average Bonchev–Trinajstić information content (AvgIpc) is 3.17. The lowest BCUT2D eigenvalue weighted by molar-refractivity contribution is -0.158. The molecule has 2 amide bonds. The Kier molecular flexibility index (Phi) is 6.55. The monoisotopic (exact) mass is 496 g/mol. The van der Waals surface area contributed by atoms with Crippen molar-refractivity contribution in [1.82, 2.24) is 10.2 Å². The number of para-hydroxylation sites is 1. The fourth-order valence-corrected chi connectivity index (χ4v) is 4.55. The first kappa shape index (κ1) is 24.0. The summed E-state index contributed by atoms with van der Waals surface area (Å²) in [6, 6.07) is 25.1. The first-order valence-corrected chi connectivity index (χ1v) is 11.8. The van der Waals surface area contributed by atoms with E-state index in [4.69, 9.17) is 9.47 Å². The van der Waals surface area contributed by atoms with Gasteiger partial charge in [-0.3, -0.25) is 19.3 Å². The standard InChI is InChI=1S/C29H24N2O6/c1-18-24(29(35)37-27(19-11-5-2-6-12-19)20-13-7-3-8-14-20)31-25(26(18)33)23(28(31)34)30-22(32)17-36-21-15-9-4-10-16-21/h2-16,23,25,27H,17H2,1H3,(H,30,32)/t23?,25-/m0/s1. The van der Waals surface area contributed by atoms with Crippen LogP contribution in [0.2, 0.25) is 0 Å². The zero-order valence-electron chi connectivity index (χ0n) is 20.0. The number of nitrogens with zero attached hydrogens (tertiary/aromatic N) is 1. The molecule has 0 radical (unpaired) electrons. The molecule has 1 unspecified atom stereocenters. The van der Waals surface area contributed by atoms with Gasteiger partial charge in [0.1, 0.15) is 23.5 Å². The minimum atomic E-state index is -1.07. The Balaban J connectivity index is 1.29. The van der Waals surface area contributed by atoms with Crippen LogP contribution in [0.1, 0.15) is 24.2 Å². The summed E-state index contributed by atoms with van der Waals surface area (Å²) in [5.41, 5.74) is 1.53. The number of carbonyl (C=O) groups excluding carboxylic acids is 4. The van der Waals surface area contributed by atoms with E-state index in [-0.39, 0.29) is 17.9 Å². The van der Waals surface area contributed by atoms with Crippen LogP contribution in [-0.2, 0) is 23.9 Å². The molecule has 1 fully saturated rings. The molecule has 0 aromatic heterocycles. The number of benzene rings is 3. The number of esters is 1. The highest BCUT2D eigenvalue weighted by atomic mass is 16.5. The molecule has 0 aliphatic carbocycles. The third-order valence-corrected chi connectivity index (χ3v) is 6.38. The second-order valence-corrected chi connectivity index (χ2v) is 8.74. The molecule has 3 aromatic carbocycles. The van der Waals surface area contributed by atoms with Crippen molar-refractivity contribution in [2.45, 2.75) is 25.1 Å². The van der Waals surface area contributed by atoms with E-state index in [9.17, 15) is 19.2 Å². The number of fused-ring (bicyclic) bond motifs is 1. The molecular weight excluding hydrogens is 472 g/mol. The van der Waals surface area contributed by atoms with Gasteiger partial charge in [-0.25, -0.2) is 4.79 Å². The number of β-lactam (4-membered cyclic amide) rings is 1. The maximum absolute atomic E-state index is 13.3. The molecule has 5 rings (SSSR count). The second-order valence-electron chi connectivity index (χ2n) is 8.74. The second kappa shape index (κ2) is 10.1. The van der Waals surface area contributed by atoms with Crippen molar-refractivity contribution in [3.63, 3.8) is 0 Å². The lowest BCUT2D eigenvalue weighted by atomic mass is 9.93. The van der Waals surface area contributed by atoms with E-state index in [2.05, 4.69) is 5.32 Å². The van der Waals surface area contributed by atoms with E-state index in [0.29, 0.717) is 5.75 Å². The minimum Gasteiger partial charge on any atom is -0.484 e. The molecule has 37 heavy (non-hydrogen) atoms. The molecule has 1 N–H and O–H groups in total. The zero-order chi connectivity index (χ0) is 25.9. The molecule has 1 saturated heterocycles. The third-order valence-electron chi connectivity index (χ3n) is 6.38. The van der Waals surface area contributed by atoms with Crippen LogP contribution in [0.15, 0.2) is 102 Å². The number of hydrogen-bond acceptors (Lipinski definition) is 6. The molecule has 2 atom stereocenters. The Labute approximate surface area is 213 Å². The zero-order valence-corrected chi connectivity index (χ0v) is 20.0. The molecule has 2 heterocycles. The Morgan fingerprint density at radius 1 is 0.865 bits per heavy atom. The van der Waals surface area contributed by atoms with Gasteiger partial charge < -0.3 is 14.8 Å². The summed E-state index contributed by atoms with van der Waals surface area (Å²) in [5.74, 6) is -1.78. The van der Waals surface area contributed by atoms with Crippen LogP contribution in [0.5, 0.6) is 5.75 Å². The number of nitrogens with one attached hydrogen (secondary N) is 1. The maximum Gasteiger partial charge on any atom is 0.356 e. The summed E-state index contributed by atoms with van der Waals surface area (Å²) < 4.78 is 11.3. The van der Waals surface area contributed by atoms with Crippen LogP contribution >= 0.6 is 0 Å². The summed E-state index contributed by atoms with van der Waals surface area (Å²) in [6.07, 6.45) is -0.730. The predicted octanol–water partition coefficient (Wildman–Crippen LogP) is 2.95. The van der Waals surface area contributed by atoms with E-state index < -0.39 is 41.8 Å². The van der Waals surface area contributed by atoms with Gasteiger partial charge in [0.05, 0.1) is 0 Å². The van der Waals surface area contributed by atoms with Crippen molar-refractivity contribution in [2.24, 2.45) is 0 Å². The number of ketones is 1. The highest BCUT2D eigenvalue weighted by Gasteiger charge is 2.60. The normalized spacial score (nSPS) is 18.4. The highest BCUT2D eigenvalue weighted by Crippen LogP contribution is 2.38. The molecule has 0 spiro atoms. The molecule has 0 saturated carbocycles. The van der Waals surface area contributed by atoms with Crippen LogP contribution in [0.3, 0.4) is 0 Å². The summed E-state index contributed by atoms with van der Waals surface area (Å²) in [4.78, 5) is 52.8.